The Morgan fingerprint density at radius 1 is 1.28 bits per heavy atom. The molecule has 1 aromatic rings. The van der Waals surface area contributed by atoms with Gasteiger partial charge in [-0.15, -0.1) is 16.2 Å². The molecular formula is C23H30N2O3S. The Morgan fingerprint density at radius 3 is 2.55 bits per heavy atom. The number of carboxylic acid groups (broad SMARTS) is 1. The second-order valence-corrected chi connectivity index (χ2v) is 10.4. The number of rotatable bonds is 4. The molecule has 1 fully saturated rings. The molecule has 0 spiro atoms. The molecule has 156 valence electrons. The Bertz CT molecular complexity index is 874. The van der Waals surface area contributed by atoms with Gasteiger partial charge in [-0.25, -0.2) is 4.79 Å². The standard InChI is InChI=1S/C23H30N2O3S/c1-15-5-7-16(8-6-15)18-10-12-25(24-28)14-20(18)19-13-17(9-11-23(2,3)4)29-21(19)22(26)27/h13,15-16H,5-8,10,12,14H2,1-4H3,(H,26,27). The number of nitrogens with zero attached hydrogens (tertiary/aromatic N) is 2. The summed E-state index contributed by atoms with van der Waals surface area (Å²) in [7, 11) is 0. The summed E-state index contributed by atoms with van der Waals surface area (Å²) >= 11 is 1.23. The molecule has 0 unspecified atom stereocenters. The van der Waals surface area contributed by atoms with Crippen LogP contribution in [0.15, 0.2) is 16.9 Å². The molecule has 6 heteroatoms. The lowest BCUT2D eigenvalue weighted by Crippen LogP contribution is -2.29. The Kier molecular flexibility index (Phi) is 6.48. The summed E-state index contributed by atoms with van der Waals surface area (Å²) in [6.45, 7) is 9.39. The lowest BCUT2D eigenvalue weighted by atomic mass is 9.75. The van der Waals surface area contributed by atoms with E-state index >= 15 is 0 Å². The van der Waals surface area contributed by atoms with Crippen LogP contribution < -0.4 is 0 Å². The van der Waals surface area contributed by atoms with E-state index in [4.69, 9.17) is 0 Å². The van der Waals surface area contributed by atoms with E-state index in [-0.39, 0.29) is 5.41 Å². The van der Waals surface area contributed by atoms with Gasteiger partial charge in [0.2, 0.25) is 0 Å². The molecule has 1 saturated carbocycles. The molecule has 0 radical (unpaired) electrons. The fourth-order valence-corrected chi connectivity index (χ4v) is 5.11. The van der Waals surface area contributed by atoms with Crippen LogP contribution in [0, 0.1) is 34.0 Å². The van der Waals surface area contributed by atoms with E-state index in [1.165, 1.54) is 34.8 Å². The highest BCUT2D eigenvalue weighted by atomic mass is 32.1. The van der Waals surface area contributed by atoms with Crippen LogP contribution >= 0.6 is 11.3 Å². The fraction of sp³-hybridized carbons (Fsp3) is 0.609. The van der Waals surface area contributed by atoms with Crippen molar-refractivity contribution in [3.63, 3.8) is 0 Å². The summed E-state index contributed by atoms with van der Waals surface area (Å²) in [5.41, 5.74) is 2.88. The molecule has 1 aromatic heterocycles. The first kappa shape index (κ1) is 21.6. The first-order chi connectivity index (χ1) is 13.7. The number of hydrogen-bond acceptors (Lipinski definition) is 4. The predicted octanol–water partition coefficient (Wildman–Crippen LogP) is 5.81. The van der Waals surface area contributed by atoms with E-state index in [9.17, 15) is 14.8 Å². The molecule has 1 N–H and O–H groups in total. The van der Waals surface area contributed by atoms with E-state index < -0.39 is 5.97 Å². The normalized spacial score (nSPS) is 22.8. The average molecular weight is 415 g/mol. The summed E-state index contributed by atoms with van der Waals surface area (Å²) < 4.78 is 0. The second-order valence-electron chi connectivity index (χ2n) is 9.34. The van der Waals surface area contributed by atoms with Gasteiger partial charge in [0.25, 0.3) is 0 Å². The van der Waals surface area contributed by atoms with Crippen molar-refractivity contribution in [1.29, 1.82) is 0 Å². The highest BCUT2D eigenvalue weighted by molar-refractivity contribution is 7.14. The number of hydrogen-bond donors (Lipinski definition) is 1. The highest BCUT2D eigenvalue weighted by Crippen LogP contribution is 2.42. The van der Waals surface area contributed by atoms with Crippen LogP contribution in [0.1, 0.15) is 79.9 Å². The third-order valence-electron chi connectivity index (χ3n) is 5.80. The minimum absolute atomic E-state index is 0.153. The minimum Gasteiger partial charge on any atom is -0.477 e. The van der Waals surface area contributed by atoms with Crippen LogP contribution in [0.4, 0.5) is 0 Å². The van der Waals surface area contributed by atoms with E-state index in [0.717, 1.165) is 41.2 Å². The summed E-state index contributed by atoms with van der Waals surface area (Å²) in [6.07, 6.45) is 5.46. The van der Waals surface area contributed by atoms with Crippen molar-refractivity contribution in [3.05, 3.63) is 31.9 Å². The van der Waals surface area contributed by atoms with E-state index in [1.807, 2.05) is 26.8 Å². The Hall–Kier alpha value is -2.13. The topological polar surface area (TPSA) is 70.0 Å². The fourth-order valence-electron chi connectivity index (χ4n) is 4.24. The van der Waals surface area contributed by atoms with Crippen LogP contribution in [-0.2, 0) is 0 Å². The van der Waals surface area contributed by atoms with Crippen molar-refractivity contribution in [2.75, 3.05) is 13.1 Å². The maximum absolute atomic E-state index is 12.0. The van der Waals surface area contributed by atoms with Gasteiger partial charge in [-0.3, -0.25) is 5.01 Å². The summed E-state index contributed by atoms with van der Waals surface area (Å²) in [4.78, 5) is 24.3. The van der Waals surface area contributed by atoms with Crippen LogP contribution in [0.2, 0.25) is 0 Å². The Labute approximate surface area is 177 Å². The molecule has 0 saturated heterocycles. The van der Waals surface area contributed by atoms with Crippen molar-refractivity contribution < 1.29 is 9.90 Å². The number of carbonyl (C=O) groups is 1. The lowest BCUT2D eigenvalue weighted by Gasteiger charge is -2.34. The van der Waals surface area contributed by atoms with Gasteiger partial charge in [-0.2, -0.15) is 0 Å². The Morgan fingerprint density at radius 2 is 1.97 bits per heavy atom. The molecule has 0 aromatic carbocycles. The largest absolute Gasteiger partial charge is 0.477 e. The van der Waals surface area contributed by atoms with Crippen molar-refractivity contribution in [1.82, 2.24) is 5.01 Å². The van der Waals surface area contributed by atoms with Crippen LogP contribution in [0.3, 0.4) is 0 Å². The van der Waals surface area contributed by atoms with Crippen LogP contribution in [0.25, 0.3) is 5.57 Å². The maximum Gasteiger partial charge on any atom is 0.346 e. The zero-order valence-corrected chi connectivity index (χ0v) is 18.6. The van der Waals surface area contributed by atoms with Crippen LogP contribution in [0.5, 0.6) is 0 Å². The van der Waals surface area contributed by atoms with Crippen LogP contribution in [-0.4, -0.2) is 29.2 Å². The lowest BCUT2D eigenvalue weighted by molar-refractivity contribution is 0.0701. The van der Waals surface area contributed by atoms with Gasteiger partial charge in [0, 0.05) is 17.5 Å². The zero-order chi connectivity index (χ0) is 21.2. The summed E-state index contributed by atoms with van der Waals surface area (Å²) in [6, 6.07) is 1.90. The third-order valence-corrected chi connectivity index (χ3v) is 6.84. The molecule has 1 aliphatic carbocycles. The van der Waals surface area contributed by atoms with Crippen molar-refractivity contribution in [3.8, 4) is 11.8 Å². The highest BCUT2D eigenvalue weighted by Gasteiger charge is 2.31. The van der Waals surface area contributed by atoms with E-state index in [0.29, 0.717) is 23.9 Å². The molecule has 3 rings (SSSR count). The molecule has 0 bridgehead atoms. The monoisotopic (exact) mass is 414 g/mol. The molecule has 5 nitrogen and oxygen atoms in total. The quantitative estimate of drug-likeness (QED) is 0.498. The molecule has 0 atom stereocenters. The summed E-state index contributed by atoms with van der Waals surface area (Å²) in [5, 5.41) is 14.5. The number of nitroso groups, excluding NO2 is 1. The predicted molar refractivity (Wildman–Crippen MR) is 118 cm³/mol. The van der Waals surface area contributed by atoms with Crippen molar-refractivity contribution >= 4 is 22.9 Å². The number of carboxylic acids is 1. The number of aromatic carboxylic acids is 1. The van der Waals surface area contributed by atoms with E-state index in [1.54, 1.807) is 0 Å². The second kappa shape index (κ2) is 8.71. The molecule has 2 heterocycles. The van der Waals surface area contributed by atoms with Gasteiger partial charge in [0.15, 0.2) is 0 Å². The smallest absolute Gasteiger partial charge is 0.346 e. The summed E-state index contributed by atoms with van der Waals surface area (Å²) in [5.74, 6) is 6.63. The minimum atomic E-state index is -0.936. The van der Waals surface area contributed by atoms with Gasteiger partial charge in [-0.05, 0) is 63.5 Å². The maximum atomic E-state index is 12.0. The van der Waals surface area contributed by atoms with Gasteiger partial charge in [0.05, 0.1) is 16.7 Å². The van der Waals surface area contributed by atoms with Gasteiger partial charge < -0.3 is 5.11 Å². The van der Waals surface area contributed by atoms with Gasteiger partial charge in [-0.1, -0.05) is 37.2 Å². The number of thiophene rings is 1. The first-order valence-electron chi connectivity index (χ1n) is 10.4. The van der Waals surface area contributed by atoms with Crippen molar-refractivity contribution in [2.24, 2.45) is 22.5 Å². The van der Waals surface area contributed by atoms with E-state index in [2.05, 4.69) is 24.1 Å². The SMILES string of the molecule is CC1CCC(C2=C(c3cc(C#CC(C)(C)C)sc3C(=O)O)CN(N=O)CC2)CC1. The Balaban J connectivity index is 2.07. The van der Waals surface area contributed by atoms with Crippen molar-refractivity contribution in [2.45, 2.75) is 59.8 Å². The molecular weight excluding hydrogens is 384 g/mol. The third kappa shape index (κ3) is 5.27. The molecule has 1 aliphatic heterocycles. The molecule has 29 heavy (non-hydrogen) atoms. The first-order valence-corrected chi connectivity index (χ1v) is 11.2. The van der Waals surface area contributed by atoms with Gasteiger partial charge in [0.1, 0.15) is 4.88 Å². The van der Waals surface area contributed by atoms with Gasteiger partial charge >= 0.3 is 5.97 Å². The average Bonchev–Trinajstić information content (AvgIpc) is 3.11. The molecule has 0 amide bonds. The zero-order valence-electron chi connectivity index (χ0n) is 17.7. The molecule has 2 aliphatic rings.